The molecule has 4 rings (SSSR count). The lowest BCUT2D eigenvalue weighted by Gasteiger charge is -2.12. The van der Waals surface area contributed by atoms with Crippen LogP contribution in [0.2, 0.25) is 10.2 Å². The predicted molar refractivity (Wildman–Crippen MR) is 143 cm³/mol. The van der Waals surface area contributed by atoms with Crippen LogP contribution in [0, 0.1) is 6.92 Å². The second-order valence-electron chi connectivity index (χ2n) is 7.81. The minimum absolute atomic E-state index is 0.00314. The summed E-state index contributed by atoms with van der Waals surface area (Å²) in [6, 6.07) is 3.38. The normalized spacial score (nSPS) is 11.8. The van der Waals surface area contributed by atoms with Gasteiger partial charge in [0.15, 0.2) is 11.0 Å². The molecule has 8 nitrogen and oxygen atoms in total. The third-order valence-corrected chi connectivity index (χ3v) is 6.87. The molecule has 3 heterocycles. The molecule has 3 aromatic heterocycles. The number of benzene rings is 1. The van der Waals surface area contributed by atoms with E-state index in [1.54, 1.807) is 25.3 Å². The van der Waals surface area contributed by atoms with Gasteiger partial charge in [0, 0.05) is 29.1 Å². The molecule has 0 fully saturated rings. The number of alkyl halides is 2. The van der Waals surface area contributed by atoms with Gasteiger partial charge >= 0.3 is 0 Å². The van der Waals surface area contributed by atoms with Crippen molar-refractivity contribution in [2.24, 2.45) is 0 Å². The second kappa shape index (κ2) is 13.1. The van der Waals surface area contributed by atoms with E-state index < -0.39 is 23.8 Å². The van der Waals surface area contributed by atoms with Crippen LogP contribution in [0.1, 0.15) is 37.9 Å². The summed E-state index contributed by atoms with van der Waals surface area (Å²) in [6.07, 6.45) is 3.97. The molecule has 1 atom stereocenters. The molecule has 0 amide bonds. The summed E-state index contributed by atoms with van der Waals surface area (Å²) in [6.45, 7) is 5.92. The van der Waals surface area contributed by atoms with E-state index in [0.29, 0.717) is 37.8 Å². The van der Waals surface area contributed by atoms with Crippen LogP contribution in [0.4, 0.5) is 14.7 Å². The van der Waals surface area contributed by atoms with E-state index in [2.05, 4.69) is 43.5 Å². The van der Waals surface area contributed by atoms with Crippen LogP contribution in [0.15, 0.2) is 35.6 Å². The Morgan fingerprint density at radius 2 is 1.86 bits per heavy atom. The highest BCUT2D eigenvalue weighted by Gasteiger charge is 2.20. The van der Waals surface area contributed by atoms with E-state index >= 15 is 0 Å². The van der Waals surface area contributed by atoms with E-state index in [-0.39, 0.29) is 22.5 Å². The van der Waals surface area contributed by atoms with Crippen LogP contribution >= 0.6 is 23.2 Å². The Balaban J connectivity index is 0.000000886. The molecule has 198 valence electrons. The summed E-state index contributed by atoms with van der Waals surface area (Å²) in [7, 11) is -0.477. The van der Waals surface area contributed by atoms with Crippen LogP contribution in [-0.4, -0.2) is 42.7 Å². The van der Waals surface area contributed by atoms with E-state index in [1.807, 2.05) is 0 Å². The largest absolute Gasteiger partial charge is 0.481 e. The topological polar surface area (TPSA) is 106 Å². The number of fused-ring (bicyclic) bond motifs is 1. The van der Waals surface area contributed by atoms with Gasteiger partial charge in [-0.1, -0.05) is 56.0 Å². The summed E-state index contributed by atoms with van der Waals surface area (Å²) in [5, 5.41) is 1.28. The maximum Gasteiger partial charge on any atom is 0.242 e. The highest BCUT2D eigenvalue weighted by Crippen LogP contribution is 2.36. The van der Waals surface area contributed by atoms with Gasteiger partial charge in [0.1, 0.15) is 5.15 Å². The molecule has 0 bridgehead atoms. The van der Waals surface area contributed by atoms with Gasteiger partial charge in [-0.05, 0) is 13.0 Å². The zero-order valence-corrected chi connectivity index (χ0v) is 22.9. The van der Waals surface area contributed by atoms with Gasteiger partial charge in [-0.15, -0.1) is 0 Å². The Morgan fingerprint density at radius 3 is 2.46 bits per heavy atom. The minimum Gasteiger partial charge on any atom is -0.481 e. The van der Waals surface area contributed by atoms with Gasteiger partial charge in [-0.2, -0.15) is 4.98 Å². The molecule has 1 aromatic carbocycles. The van der Waals surface area contributed by atoms with E-state index in [4.69, 9.17) is 27.9 Å². The third kappa shape index (κ3) is 6.91. The monoisotopic (exact) mass is 570 g/mol. The van der Waals surface area contributed by atoms with Gasteiger partial charge in [-0.25, -0.2) is 23.0 Å². The number of H-pyrrole nitrogens is 1. The number of hydrogen-bond acceptors (Lipinski definition) is 6. The van der Waals surface area contributed by atoms with Gasteiger partial charge in [0.25, 0.3) is 0 Å². The summed E-state index contributed by atoms with van der Waals surface area (Å²) in [4.78, 5) is 20.0. The van der Waals surface area contributed by atoms with Crippen molar-refractivity contribution in [2.45, 2.75) is 51.4 Å². The third-order valence-electron chi connectivity index (χ3n) is 5.26. The Hall–Kier alpha value is -2.89. The molecule has 0 aliphatic carbocycles. The first-order valence-electron chi connectivity index (χ1n) is 11.4. The lowest BCUT2D eigenvalue weighted by atomic mass is 10.1. The molecule has 13 heteroatoms. The number of nitrogens with one attached hydrogen (secondary N) is 2. The van der Waals surface area contributed by atoms with E-state index in [9.17, 15) is 13.0 Å². The zero-order valence-electron chi connectivity index (χ0n) is 20.6. The van der Waals surface area contributed by atoms with Gasteiger partial charge in [0.2, 0.25) is 18.3 Å². The molecule has 0 spiro atoms. The standard InChI is InChI=1S/C20H16Cl2F2N6O2S.C4H10/c1-9-11(5-16(23)24)19(32-2)29-20(28-9)30-33(31)14-7-27-18-10(14)3-4-12(21)17(18)13-6-26-15(22)8-25-13;1-3-4-2/h3-4,6-8,16,27H,5H2,1-2H3,(H,28,29,30);3-4H2,1-2H3. The van der Waals surface area contributed by atoms with Crippen molar-refractivity contribution in [1.29, 1.82) is 0 Å². The number of aromatic nitrogens is 5. The Morgan fingerprint density at radius 1 is 1.14 bits per heavy atom. The quantitative estimate of drug-likeness (QED) is 0.241. The summed E-state index contributed by atoms with van der Waals surface area (Å²) in [5.74, 6) is -0.0237. The van der Waals surface area contributed by atoms with Crippen molar-refractivity contribution in [2.75, 3.05) is 11.8 Å². The smallest absolute Gasteiger partial charge is 0.242 e. The highest BCUT2D eigenvalue weighted by atomic mass is 35.5. The maximum absolute atomic E-state index is 13.1. The molecule has 0 radical (unpaired) electrons. The molecular weight excluding hydrogens is 545 g/mol. The summed E-state index contributed by atoms with van der Waals surface area (Å²) in [5.41, 5.74) is 2.16. The molecular formula is C24H26Cl2F2N6O2S. The molecule has 1 unspecified atom stereocenters. The number of methoxy groups -OCH3 is 1. The molecule has 4 aromatic rings. The summed E-state index contributed by atoms with van der Waals surface area (Å²) >= 11 is 12.2. The SMILES string of the molecule is CCCC.COc1nc(NS(=O)c2c[nH]c3c(-c4cnc(Cl)cn4)c(Cl)ccc23)nc(C)c1CC(F)F. The van der Waals surface area contributed by atoms with Crippen LogP contribution < -0.4 is 9.46 Å². The number of aromatic amines is 1. The average molecular weight is 571 g/mol. The molecule has 0 aliphatic heterocycles. The van der Waals surface area contributed by atoms with Crippen LogP contribution in [0.5, 0.6) is 5.88 Å². The predicted octanol–water partition coefficient (Wildman–Crippen LogP) is 6.79. The van der Waals surface area contributed by atoms with Crippen molar-refractivity contribution >= 4 is 51.0 Å². The van der Waals surface area contributed by atoms with Crippen molar-refractivity contribution in [3.63, 3.8) is 0 Å². The maximum atomic E-state index is 13.1. The lowest BCUT2D eigenvalue weighted by molar-refractivity contribution is 0.147. The number of halogens is 4. The van der Waals surface area contributed by atoms with Crippen LogP contribution in [0.25, 0.3) is 22.2 Å². The van der Waals surface area contributed by atoms with Gasteiger partial charge in [-0.3, -0.25) is 9.71 Å². The fraction of sp³-hybridized carbons (Fsp3) is 0.333. The zero-order chi connectivity index (χ0) is 27.1. The second-order valence-corrected chi connectivity index (χ2v) is 9.78. The molecule has 0 aliphatic rings. The van der Waals surface area contributed by atoms with Crippen LogP contribution in [0.3, 0.4) is 0 Å². The number of rotatable bonds is 8. The first kappa shape index (κ1) is 28.7. The van der Waals surface area contributed by atoms with Crippen molar-refractivity contribution < 1.29 is 17.7 Å². The highest BCUT2D eigenvalue weighted by molar-refractivity contribution is 7.86. The molecule has 37 heavy (non-hydrogen) atoms. The first-order valence-corrected chi connectivity index (χ1v) is 13.3. The molecule has 0 saturated carbocycles. The number of ether oxygens (including phenoxy) is 1. The summed E-state index contributed by atoms with van der Waals surface area (Å²) < 4.78 is 46.7. The minimum atomic E-state index is -2.58. The first-order chi connectivity index (χ1) is 17.7. The Labute approximate surface area is 225 Å². The molecule has 0 saturated heterocycles. The number of unbranched alkanes of at least 4 members (excludes halogenated alkanes) is 1. The number of hydrogen-bond donors (Lipinski definition) is 2. The van der Waals surface area contributed by atoms with Crippen molar-refractivity contribution in [3.8, 4) is 17.1 Å². The average Bonchev–Trinajstić information content (AvgIpc) is 3.30. The Kier molecular flexibility index (Phi) is 10.1. The van der Waals surface area contributed by atoms with E-state index in [1.165, 1.54) is 32.3 Å². The van der Waals surface area contributed by atoms with Crippen molar-refractivity contribution in [1.82, 2.24) is 24.9 Å². The Bertz CT molecular complexity index is 1380. The fourth-order valence-corrected chi connectivity index (χ4v) is 4.56. The van der Waals surface area contributed by atoms with Gasteiger partial charge in [0.05, 0.1) is 46.3 Å². The van der Waals surface area contributed by atoms with Crippen molar-refractivity contribution in [3.05, 3.63) is 52.2 Å². The molecule has 2 N–H and O–H groups in total. The lowest BCUT2D eigenvalue weighted by Crippen LogP contribution is -2.12. The van der Waals surface area contributed by atoms with E-state index in [0.717, 1.165) is 0 Å². The number of aryl methyl sites for hydroxylation is 1. The fourth-order valence-electron chi connectivity index (χ4n) is 3.30. The number of anilines is 1. The number of nitrogens with zero attached hydrogens (tertiary/aromatic N) is 4. The van der Waals surface area contributed by atoms with Gasteiger partial charge < -0.3 is 9.72 Å². The van der Waals surface area contributed by atoms with Crippen LogP contribution in [-0.2, 0) is 17.4 Å².